The highest BCUT2D eigenvalue weighted by molar-refractivity contribution is 8.00. The largest absolute Gasteiger partial charge is 0.493 e. The van der Waals surface area contributed by atoms with Crippen molar-refractivity contribution in [1.29, 1.82) is 0 Å². The molecule has 4 aromatic carbocycles. The van der Waals surface area contributed by atoms with E-state index in [1.54, 1.807) is 32.4 Å². The highest BCUT2D eigenvalue weighted by atomic mass is 32.2. The number of fused-ring (bicyclic) bond motifs is 1. The maximum Gasteiger partial charge on any atom is 0.203 e. The van der Waals surface area contributed by atoms with Crippen LogP contribution >= 0.6 is 11.8 Å². The normalized spacial score (nSPS) is 16.5. The third-order valence-corrected chi connectivity index (χ3v) is 12.7. The fourth-order valence-corrected chi connectivity index (χ4v) is 8.49. The van der Waals surface area contributed by atoms with Crippen molar-refractivity contribution in [1.82, 2.24) is 9.80 Å². The SMILES string of the molecule is C=C.CC.COc1ccc(/C=C/C(=O)c2cc(OC)c(OC)c(OC)c2)cc1OC(C)C(C)N1CCN(C(C)(C)C(C)Oc2ccc(C3Nc4ccccc4S3)cc2OC)CC1. The zero-order chi connectivity index (χ0) is 45.6. The molecule has 6 rings (SSSR count). The van der Waals surface area contributed by atoms with Gasteiger partial charge in [0.25, 0.3) is 0 Å². The second kappa shape index (κ2) is 23.2. The summed E-state index contributed by atoms with van der Waals surface area (Å²) in [6, 6.07) is 23.7. The molecule has 0 bridgehead atoms. The number of ether oxygens (including phenoxy) is 7. The molecule has 0 radical (unpaired) electrons. The van der Waals surface area contributed by atoms with Crippen LogP contribution in [0.15, 0.2) is 96.9 Å². The summed E-state index contributed by atoms with van der Waals surface area (Å²) in [5.74, 6) is 3.76. The van der Waals surface area contributed by atoms with E-state index in [1.165, 1.54) is 32.3 Å². The van der Waals surface area contributed by atoms with Crippen LogP contribution in [-0.2, 0) is 0 Å². The van der Waals surface area contributed by atoms with Gasteiger partial charge in [0.05, 0.1) is 41.1 Å². The fraction of sp³-hybridized carbons (Fsp3) is 0.420. The highest BCUT2D eigenvalue weighted by Crippen LogP contribution is 2.48. The van der Waals surface area contributed by atoms with E-state index in [0.29, 0.717) is 34.3 Å². The first kappa shape index (κ1) is 49.4. The van der Waals surface area contributed by atoms with Gasteiger partial charge in [-0.05, 0) is 100 Å². The Morgan fingerprint density at radius 3 is 1.95 bits per heavy atom. The molecule has 11 nitrogen and oxygen atoms in total. The number of carbonyl (C=O) groups excluding carboxylic acids is 1. The van der Waals surface area contributed by atoms with Gasteiger partial charge in [0.2, 0.25) is 5.75 Å². The Balaban J connectivity index is 0.00000205. The fourth-order valence-electron chi connectivity index (χ4n) is 7.36. The average molecular weight is 870 g/mol. The Kier molecular flexibility index (Phi) is 18.5. The van der Waals surface area contributed by atoms with Crippen molar-refractivity contribution in [3.05, 3.63) is 109 Å². The number of rotatable bonds is 17. The summed E-state index contributed by atoms with van der Waals surface area (Å²) >= 11 is 1.81. The molecule has 0 aliphatic carbocycles. The van der Waals surface area contributed by atoms with Gasteiger partial charge in [-0.25, -0.2) is 0 Å². The van der Waals surface area contributed by atoms with E-state index in [-0.39, 0.29) is 34.9 Å². The number of hydrogen-bond donors (Lipinski definition) is 1. The number of anilines is 1. The van der Waals surface area contributed by atoms with E-state index in [4.69, 9.17) is 33.2 Å². The maximum absolute atomic E-state index is 13.2. The van der Waals surface area contributed by atoms with Crippen molar-refractivity contribution < 1.29 is 38.0 Å². The van der Waals surface area contributed by atoms with E-state index in [0.717, 1.165) is 54.5 Å². The molecule has 2 aliphatic rings. The van der Waals surface area contributed by atoms with Crippen LogP contribution in [0.5, 0.6) is 40.2 Å². The summed E-state index contributed by atoms with van der Waals surface area (Å²) in [6.07, 6.45) is 3.03. The predicted octanol–water partition coefficient (Wildman–Crippen LogP) is 10.7. The molecule has 0 amide bonds. The molecular formula is C50H67N3O8S. The number of allylic oxidation sites excluding steroid dienone is 1. The third-order valence-electron chi connectivity index (χ3n) is 11.5. The summed E-state index contributed by atoms with van der Waals surface area (Å²) in [7, 11) is 7.89. The number of nitrogens with one attached hydrogen (secondary N) is 1. The first-order chi connectivity index (χ1) is 29.9. The topological polar surface area (TPSA) is 100 Å². The van der Waals surface area contributed by atoms with Crippen LogP contribution in [0, 0.1) is 0 Å². The van der Waals surface area contributed by atoms with Gasteiger partial charge in [0.15, 0.2) is 40.3 Å². The zero-order valence-corrected chi connectivity index (χ0v) is 39.5. The molecule has 0 aromatic heterocycles. The highest BCUT2D eigenvalue weighted by Gasteiger charge is 2.38. The number of ketones is 1. The second-order valence-electron chi connectivity index (χ2n) is 15.1. The number of piperazine rings is 1. The number of methoxy groups -OCH3 is 5. The Labute approximate surface area is 374 Å². The number of para-hydroxylation sites is 1. The molecule has 1 saturated heterocycles. The van der Waals surface area contributed by atoms with Gasteiger partial charge in [-0.1, -0.05) is 56.0 Å². The Morgan fingerprint density at radius 1 is 0.742 bits per heavy atom. The third kappa shape index (κ3) is 11.6. The maximum atomic E-state index is 13.2. The van der Waals surface area contributed by atoms with Crippen LogP contribution in [0.2, 0.25) is 0 Å². The first-order valence-electron chi connectivity index (χ1n) is 21.1. The monoisotopic (exact) mass is 869 g/mol. The molecule has 4 atom stereocenters. The van der Waals surface area contributed by atoms with Crippen LogP contribution in [-0.4, -0.2) is 101 Å². The van der Waals surface area contributed by atoms with Crippen molar-refractivity contribution in [2.45, 2.75) is 82.5 Å². The van der Waals surface area contributed by atoms with Gasteiger partial charge in [0.1, 0.15) is 17.6 Å². The standard InChI is InChI=1S/C46H57N3O8S.C2H6.C2H4/c1-29(30(2)56-40-25-32(16-19-37(40)51-6)15-18-36(50)34-27-41(53-8)44(55-10)42(28-34)54-9)48-21-23-49(24-22-48)46(4,5)31(3)57-38-20-17-33(26-39(38)52-7)45-47-35-13-11-12-14-43(35)58-45;2*1-2/h11-20,25-31,45,47H,21-24H2,1-10H3;1-2H3;1-2H2/b18-15+;;. The lowest BCUT2D eigenvalue weighted by atomic mass is 9.94. The van der Waals surface area contributed by atoms with E-state index in [1.807, 2.05) is 49.9 Å². The molecular weight excluding hydrogens is 803 g/mol. The molecule has 1 N–H and O–H groups in total. The lowest BCUT2D eigenvalue weighted by molar-refractivity contribution is -0.0309. The van der Waals surface area contributed by atoms with Crippen LogP contribution in [0.25, 0.3) is 6.08 Å². The van der Waals surface area contributed by atoms with Crippen LogP contribution in [0.1, 0.15) is 75.3 Å². The molecule has 12 heteroatoms. The van der Waals surface area contributed by atoms with Gasteiger partial charge < -0.3 is 38.5 Å². The summed E-state index contributed by atoms with van der Waals surface area (Å²) in [4.78, 5) is 19.4. The number of carbonyl (C=O) groups is 1. The summed E-state index contributed by atoms with van der Waals surface area (Å²) in [5, 5.41) is 3.73. The van der Waals surface area contributed by atoms with E-state index in [2.05, 4.69) is 99.3 Å². The van der Waals surface area contributed by atoms with Crippen LogP contribution in [0.4, 0.5) is 5.69 Å². The summed E-state index contributed by atoms with van der Waals surface area (Å²) < 4.78 is 41.0. The lowest BCUT2D eigenvalue weighted by Crippen LogP contribution is -2.61. The van der Waals surface area contributed by atoms with E-state index >= 15 is 0 Å². The number of hydrogen-bond acceptors (Lipinski definition) is 12. The van der Waals surface area contributed by atoms with Crippen LogP contribution in [0.3, 0.4) is 0 Å². The van der Waals surface area contributed by atoms with E-state index < -0.39 is 0 Å². The van der Waals surface area contributed by atoms with Crippen molar-refractivity contribution in [2.75, 3.05) is 67.0 Å². The lowest BCUT2D eigenvalue weighted by Gasteiger charge is -2.48. The molecule has 336 valence electrons. The predicted molar refractivity (Wildman–Crippen MR) is 254 cm³/mol. The average Bonchev–Trinajstić information content (AvgIpc) is 3.76. The molecule has 2 heterocycles. The van der Waals surface area contributed by atoms with Gasteiger partial charge >= 0.3 is 0 Å². The minimum Gasteiger partial charge on any atom is -0.493 e. The molecule has 0 spiro atoms. The number of benzene rings is 4. The van der Waals surface area contributed by atoms with Crippen LogP contribution < -0.4 is 38.5 Å². The minimum atomic E-state index is -0.236. The van der Waals surface area contributed by atoms with Gasteiger partial charge in [-0.15, -0.1) is 13.2 Å². The number of nitrogens with zero attached hydrogens (tertiary/aromatic N) is 2. The second-order valence-corrected chi connectivity index (χ2v) is 16.2. The summed E-state index contributed by atoms with van der Waals surface area (Å²) in [6.45, 7) is 24.5. The van der Waals surface area contributed by atoms with Gasteiger partial charge in [0, 0.05) is 48.4 Å². The Hall–Kier alpha value is -5.30. The Bertz CT molecular complexity index is 2050. The summed E-state index contributed by atoms with van der Waals surface area (Å²) in [5.41, 5.74) is 3.28. The zero-order valence-electron chi connectivity index (χ0n) is 38.7. The van der Waals surface area contributed by atoms with Crippen molar-refractivity contribution in [3.63, 3.8) is 0 Å². The Morgan fingerprint density at radius 2 is 1.35 bits per heavy atom. The van der Waals surface area contributed by atoms with Gasteiger partial charge in [-0.3, -0.25) is 14.6 Å². The molecule has 4 unspecified atom stereocenters. The molecule has 1 fully saturated rings. The van der Waals surface area contributed by atoms with Gasteiger partial charge in [-0.2, -0.15) is 0 Å². The van der Waals surface area contributed by atoms with Crippen molar-refractivity contribution >= 4 is 29.3 Å². The van der Waals surface area contributed by atoms with Crippen molar-refractivity contribution in [3.8, 4) is 40.2 Å². The quantitative estimate of drug-likeness (QED) is 0.0621. The smallest absolute Gasteiger partial charge is 0.203 e. The minimum absolute atomic E-state index is 0.104. The van der Waals surface area contributed by atoms with E-state index in [9.17, 15) is 4.79 Å². The van der Waals surface area contributed by atoms with Crippen molar-refractivity contribution in [2.24, 2.45) is 0 Å². The molecule has 62 heavy (non-hydrogen) atoms. The molecule has 2 aliphatic heterocycles. The molecule has 4 aromatic rings. The molecule has 0 saturated carbocycles. The first-order valence-corrected chi connectivity index (χ1v) is 22.0. The number of thioether (sulfide) groups is 1.